The molecule has 1 aliphatic heterocycles. The molecule has 7 heteroatoms. The van der Waals surface area contributed by atoms with Gasteiger partial charge in [-0.25, -0.2) is 4.98 Å². The zero-order valence-corrected chi connectivity index (χ0v) is 15.5. The number of nitrogens with zero attached hydrogens (tertiary/aromatic N) is 4. The summed E-state index contributed by atoms with van der Waals surface area (Å²) in [6.45, 7) is 9.09. The SMILES string of the molecule is CCOc1ccccc1Nc1nc(C)cc(N2CCN(C(C)=O)CC2)n1. The molecule has 1 saturated heterocycles. The lowest BCUT2D eigenvalue weighted by atomic mass is 10.3. The van der Waals surface area contributed by atoms with Gasteiger partial charge in [0.2, 0.25) is 11.9 Å². The number of piperazine rings is 1. The first-order chi connectivity index (χ1) is 12.6. The number of amides is 1. The van der Waals surface area contributed by atoms with E-state index in [1.165, 1.54) is 0 Å². The van der Waals surface area contributed by atoms with Gasteiger partial charge in [-0.15, -0.1) is 0 Å². The van der Waals surface area contributed by atoms with E-state index in [-0.39, 0.29) is 5.91 Å². The number of carbonyl (C=O) groups excluding carboxylic acids is 1. The molecule has 0 atom stereocenters. The monoisotopic (exact) mass is 355 g/mol. The number of nitrogens with one attached hydrogen (secondary N) is 1. The van der Waals surface area contributed by atoms with E-state index in [2.05, 4.69) is 20.2 Å². The highest BCUT2D eigenvalue weighted by Crippen LogP contribution is 2.27. The van der Waals surface area contributed by atoms with E-state index < -0.39 is 0 Å². The fourth-order valence-corrected chi connectivity index (χ4v) is 2.99. The normalized spacial score (nSPS) is 14.3. The van der Waals surface area contributed by atoms with Crippen molar-refractivity contribution < 1.29 is 9.53 Å². The minimum atomic E-state index is 0.124. The van der Waals surface area contributed by atoms with Crippen LogP contribution in [0.15, 0.2) is 30.3 Å². The molecule has 0 unspecified atom stereocenters. The third-order valence-corrected chi connectivity index (χ3v) is 4.32. The van der Waals surface area contributed by atoms with Crippen LogP contribution in [-0.4, -0.2) is 53.6 Å². The first-order valence-electron chi connectivity index (χ1n) is 8.92. The molecule has 1 N–H and O–H groups in total. The lowest BCUT2D eigenvalue weighted by Gasteiger charge is -2.35. The molecule has 0 bridgehead atoms. The molecule has 26 heavy (non-hydrogen) atoms. The van der Waals surface area contributed by atoms with Crippen molar-refractivity contribution in [2.24, 2.45) is 0 Å². The summed E-state index contributed by atoms with van der Waals surface area (Å²) in [5.74, 6) is 2.31. The van der Waals surface area contributed by atoms with Gasteiger partial charge in [0.05, 0.1) is 12.3 Å². The molecule has 0 saturated carbocycles. The molecule has 1 aliphatic rings. The molecule has 1 fully saturated rings. The Morgan fingerprint density at radius 1 is 1.19 bits per heavy atom. The van der Waals surface area contributed by atoms with E-state index in [1.54, 1.807) is 6.92 Å². The van der Waals surface area contributed by atoms with E-state index in [4.69, 9.17) is 4.74 Å². The average molecular weight is 355 g/mol. The van der Waals surface area contributed by atoms with E-state index in [1.807, 2.05) is 49.1 Å². The molecule has 1 aromatic heterocycles. The van der Waals surface area contributed by atoms with Crippen LogP contribution in [0.25, 0.3) is 0 Å². The molecule has 2 aromatic rings. The van der Waals surface area contributed by atoms with E-state index in [9.17, 15) is 4.79 Å². The molecule has 1 amide bonds. The van der Waals surface area contributed by atoms with Crippen LogP contribution in [0, 0.1) is 6.92 Å². The summed E-state index contributed by atoms with van der Waals surface area (Å²) in [4.78, 5) is 24.7. The van der Waals surface area contributed by atoms with Crippen LogP contribution in [0.1, 0.15) is 19.5 Å². The van der Waals surface area contributed by atoms with Gasteiger partial charge in [-0.3, -0.25) is 4.79 Å². The van der Waals surface area contributed by atoms with Crippen molar-refractivity contribution >= 4 is 23.4 Å². The number of benzene rings is 1. The topological polar surface area (TPSA) is 70.6 Å². The molecule has 138 valence electrons. The standard InChI is InChI=1S/C19H25N5O2/c1-4-26-17-8-6-5-7-16(17)21-19-20-14(2)13-18(22-19)24-11-9-23(10-12-24)15(3)25/h5-8,13H,4,9-12H2,1-3H3,(H,20,21,22). The Balaban J connectivity index is 1.77. The second-order valence-corrected chi connectivity index (χ2v) is 6.24. The zero-order chi connectivity index (χ0) is 18.5. The molecular weight excluding hydrogens is 330 g/mol. The molecule has 0 aliphatic carbocycles. The number of aromatic nitrogens is 2. The first kappa shape index (κ1) is 18.0. The van der Waals surface area contributed by atoms with Crippen LogP contribution in [0.3, 0.4) is 0 Å². The molecule has 0 radical (unpaired) electrons. The summed E-state index contributed by atoms with van der Waals surface area (Å²) in [6, 6.07) is 9.73. The van der Waals surface area contributed by atoms with Crippen LogP contribution in [0.4, 0.5) is 17.5 Å². The highest BCUT2D eigenvalue weighted by Gasteiger charge is 2.20. The van der Waals surface area contributed by atoms with Crippen molar-refractivity contribution in [1.82, 2.24) is 14.9 Å². The highest BCUT2D eigenvalue weighted by molar-refractivity contribution is 5.73. The minimum absolute atomic E-state index is 0.124. The summed E-state index contributed by atoms with van der Waals surface area (Å²) in [5, 5.41) is 3.27. The Kier molecular flexibility index (Phi) is 5.55. The second kappa shape index (κ2) is 8.03. The number of carbonyl (C=O) groups is 1. The fourth-order valence-electron chi connectivity index (χ4n) is 2.99. The van der Waals surface area contributed by atoms with Gasteiger partial charge in [-0.05, 0) is 26.0 Å². The number of anilines is 3. The minimum Gasteiger partial charge on any atom is -0.492 e. The molecule has 3 rings (SSSR count). The van der Waals surface area contributed by atoms with Crippen LogP contribution in [0.5, 0.6) is 5.75 Å². The number of hydrogen-bond donors (Lipinski definition) is 1. The van der Waals surface area contributed by atoms with Crippen molar-refractivity contribution in [2.45, 2.75) is 20.8 Å². The summed E-state index contributed by atoms with van der Waals surface area (Å²) < 4.78 is 5.65. The average Bonchev–Trinajstić information content (AvgIpc) is 2.63. The third-order valence-electron chi connectivity index (χ3n) is 4.32. The summed E-state index contributed by atoms with van der Waals surface area (Å²) in [5.41, 5.74) is 1.73. The van der Waals surface area contributed by atoms with E-state index >= 15 is 0 Å². The molecular formula is C19H25N5O2. The highest BCUT2D eigenvalue weighted by atomic mass is 16.5. The predicted molar refractivity (Wildman–Crippen MR) is 102 cm³/mol. The Hall–Kier alpha value is -2.83. The van der Waals surface area contributed by atoms with Gasteiger partial charge in [-0.1, -0.05) is 12.1 Å². The van der Waals surface area contributed by atoms with Gasteiger partial charge >= 0.3 is 0 Å². The van der Waals surface area contributed by atoms with Crippen LogP contribution in [0.2, 0.25) is 0 Å². The smallest absolute Gasteiger partial charge is 0.229 e. The van der Waals surface area contributed by atoms with Gasteiger partial charge in [0, 0.05) is 44.9 Å². The van der Waals surface area contributed by atoms with Crippen LogP contribution in [-0.2, 0) is 4.79 Å². The Bertz CT molecular complexity index is 772. The zero-order valence-electron chi connectivity index (χ0n) is 15.5. The van der Waals surface area contributed by atoms with Crippen LogP contribution >= 0.6 is 0 Å². The maximum Gasteiger partial charge on any atom is 0.229 e. The van der Waals surface area contributed by atoms with Crippen molar-refractivity contribution in [3.63, 3.8) is 0 Å². The van der Waals surface area contributed by atoms with Crippen molar-refractivity contribution in [3.05, 3.63) is 36.0 Å². The number of para-hydroxylation sites is 2. The number of ether oxygens (including phenoxy) is 1. The lowest BCUT2D eigenvalue weighted by Crippen LogP contribution is -2.48. The van der Waals surface area contributed by atoms with Crippen molar-refractivity contribution in [1.29, 1.82) is 0 Å². The summed E-state index contributed by atoms with van der Waals surface area (Å²) >= 11 is 0. The van der Waals surface area contributed by atoms with Crippen LogP contribution < -0.4 is 15.0 Å². The summed E-state index contributed by atoms with van der Waals surface area (Å²) in [6.07, 6.45) is 0. The van der Waals surface area contributed by atoms with E-state index in [0.717, 1.165) is 36.0 Å². The maximum atomic E-state index is 11.5. The molecule has 1 aromatic carbocycles. The molecule has 7 nitrogen and oxygen atoms in total. The summed E-state index contributed by atoms with van der Waals surface area (Å²) in [7, 11) is 0. The van der Waals surface area contributed by atoms with Gasteiger partial charge in [0.15, 0.2) is 0 Å². The van der Waals surface area contributed by atoms with Gasteiger partial charge in [0.1, 0.15) is 11.6 Å². The lowest BCUT2D eigenvalue weighted by molar-refractivity contribution is -0.129. The first-order valence-corrected chi connectivity index (χ1v) is 8.92. The Labute approximate surface area is 154 Å². The Morgan fingerprint density at radius 2 is 1.92 bits per heavy atom. The number of hydrogen-bond acceptors (Lipinski definition) is 6. The largest absolute Gasteiger partial charge is 0.492 e. The predicted octanol–water partition coefficient (Wildman–Crippen LogP) is 2.60. The number of rotatable bonds is 5. The molecule has 0 spiro atoms. The molecule has 2 heterocycles. The quantitative estimate of drug-likeness (QED) is 0.889. The third kappa shape index (κ3) is 4.22. The van der Waals surface area contributed by atoms with Gasteiger partial charge in [-0.2, -0.15) is 4.98 Å². The fraction of sp³-hybridized carbons (Fsp3) is 0.421. The van der Waals surface area contributed by atoms with Gasteiger partial charge in [0.25, 0.3) is 0 Å². The Morgan fingerprint density at radius 3 is 2.62 bits per heavy atom. The second-order valence-electron chi connectivity index (χ2n) is 6.24. The van der Waals surface area contributed by atoms with E-state index in [0.29, 0.717) is 25.6 Å². The number of aryl methyl sites for hydroxylation is 1. The van der Waals surface area contributed by atoms with Crippen molar-refractivity contribution in [3.8, 4) is 5.75 Å². The van der Waals surface area contributed by atoms with Gasteiger partial charge < -0.3 is 19.9 Å². The van der Waals surface area contributed by atoms with Crippen molar-refractivity contribution in [2.75, 3.05) is 43.0 Å². The maximum absolute atomic E-state index is 11.5.